The molecule has 2 amide bonds. The van der Waals surface area contributed by atoms with Gasteiger partial charge in [0.1, 0.15) is 5.75 Å². The summed E-state index contributed by atoms with van der Waals surface area (Å²) in [4.78, 5) is 31.1. The first-order valence-corrected chi connectivity index (χ1v) is 9.30. The van der Waals surface area contributed by atoms with E-state index in [2.05, 4.69) is 20.6 Å². The molecule has 0 radical (unpaired) electrons. The number of fused-ring (bicyclic) bond motifs is 1. The first-order valence-electron chi connectivity index (χ1n) is 9.30. The van der Waals surface area contributed by atoms with Gasteiger partial charge in [-0.15, -0.1) is 0 Å². The summed E-state index contributed by atoms with van der Waals surface area (Å²) in [6.07, 6.45) is 2.61. The van der Waals surface area contributed by atoms with Crippen LogP contribution in [0.4, 0.5) is 0 Å². The van der Waals surface area contributed by atoms with Crippen LogP contribution in [0.3, 0.4) is 0 Å². The Balaban J connectivity index is 1.29. The molecule has 3 rings (SSSR count). The Labute approximate surface area is 163 Å². The van der Waals surface area contributed by atoms with Crippen molar-refractivity contribution in [2.45, 2.75) is 19.8 Å². The summed E-state index contributed by atoms with van der Waals surface area (Å²) in [5, 5.41) is 5.59. The number of rotatable bonds is 9. The van der Waals surface area contributed by atoms with Gasteiger partial charge in [-0.1, -0.05) is 18.2 Å². The molecule has 0 aliphatic carbocycles. The Morgan fingerprint density at radius 3 is 2.79 bits per heavy atom. The Kier molecular flexibility index (Phi) is 6.62. The Hall–Kier alpha value is -3.35. The van der Waals surface area contributed by atoms with Crippen LogP contribution in [0.25, 0.3) is 11.0 Å². The summed E-state index contributed by atoms with van der Waals surface area (Å²) < 4.78 is 5.67. The van der Waals surface area contributed by atoms with E-state index >= 15 is 0 Å². The number of carbonyl (C=O) groups is 2. The lowest BCUT2D eigenvalue weighted by atomic mass is 10.2. The van der Waals surface area contributed by atoms with Crippen LogP contribution in [0, 0.1) is 6.92 Å². The average molecular weight is 380 g/mol. The third kappa shape index (κ3) is 5.33. The van der Waals surface area contributed by atoms with Gasteiger partial charge in [-0.25, -0.2) is 4.98 Å². The largest absolute Gasteiger partial charge is 0.493 e. The number of ether oxygens (including phenoxy) is 1. The van der Waals surface area contributed by atoms with Crippen LogP contribution >= 0.6 is 0 Å². The number of aromatic nitrogens is 2. The maximum atomic E-state index is 12.2. The predicted octanol–water partition coefficient (Wildman–Crippen LogP) is 2.58. The zero-order chi connectivity index (χ0) is 19.8. The number of hydrogen-bond acceptors (Lipinski definition) is 4. The van der Waals surface area contributed by atoms with Gasteiger partial charge >= 0.3 is 0 Å². The minimum Gasteiger partial charge on any atom is -0.493 e. The number of nitrogens with one attached hydrogen (secondary N) is 3. The standard InChI is InChI=1S/C21H24N4O3/c1-15-5-2-3-6-19(15)28-12-4-7-20(26)22-10-11-23-21(27)16-8-9-17-18(13-16)25-14-24-17/h2-3,5-6,8-9,13-14H,4,7,10-12H2,1H3,(H,22,26)(H,23,27)(H,24,25). The predicted molar refractivity (Wildman–Crippen MR) is 107 cm³/mol. The lowest BCUT2D eigenvalue weighted by Crippen LogP contribution is -2.34. The van der Waals surface area contributed by atoms with E-state index in [-0.39, 0.29) is 11.8 Å². The zero-order valence-electron chi connectivity index (χ0n) is 15.8. The minimum absolute atomic E-state index is 0.0542. The van der Waals surface area contributed by atoms with Crippen LogP contribution < -0.4 is 15.4 Å². The van der Waals surface area contributed by atoms with Crippen LogP contribution in [0.5, 0.6) is 5.75 Å². The molecule has 7 heteroatoms. The summed E-state index contributed by atoms with van der Waals surface area (Å²) in [7, 11) is 0. The van der Waals surface area contributed by atoms with E-state index in [9.17, 15) is 9.59 Å². The molecule has 146 valence electrons. The fraction of sp³-hybridized carbons (Fsp3) is 0.286. The van der Waals surface area contributed by atoms with Crippen molar-refractivity contribution < 1.29 is 14.3 Å². The van der Waals surface area contributed by atoms with Crippen molar-refractivity contribution in [3.8, 4) is 5.75 Å². The Morgan fingerprint density at radius 2 is 1.93 bits per heavy atom. The molecule has 1 heterocycles. The summed E-state index contributed by atoms with van der Waals surface area (Å²) in [5.74, 6) is 0.609. The van der Waals surface area contributed by atoms with E-state index in [1.54, 1.807) is 24.5 Å². The average Bonchev–Trinajstić information content (AvgIpc) is 3.17. The molecule has 3 aromatic rings. The highest BCUT2D eigenvalue weighted by molar-refractivity contribution is 5.97. The minimum atomic E-state index is -0.183. The number of benzene rings is 2. The molecule has 0 aliphatic heterocycles. The second-order valence-corrected chi connectivity index (χ2v) is 6.46. The third-order valence-corrected chi connectivity index (χ3v) is 4.31. The molecule has 0 unspecified atom stereocenters. The number of nitrogens with zero attached hydrogens (tertiary/aromatic N) is 1. The molecule has 0 saturated heterocycles. The molecule has 0 atom stereocenters. The summed E-state index contributed by atoms with van der Waals surface area (Å²) in [6, 6.07) is 13.1. The summed E-state index contributed by atoms with van der Waals surface area (Å²) in [5.41, 5.74) is 3.26. The third-order valence-electron chi connectivity index (χ3n) is 4.31. The maximum Gasteiger partial charge on any atom is 0.251 e. The molecule has 0 aliphatic rings. The molecule has 0 saturated carbocycles. The molecule has 7 nitrogen and oxygen atoms in total. The highest BCUT2D eigenvalue weighted by Crippen LogP contribution is 2.16. The van der Waals surface area contributed by atoms with E-state index in [4.69, 9.17) is 4.74 Å². The molecule has 0 bridgehead atoms. The van der Waals surface area contributed by atoms with Crippen molar-refractivity contribution in [1.82, 2.24) is 20.6 Å². The SMILES string of the molecule is Cc1ccccc1OCCCC(=O)NCCNC(=O)c1ccc2nc[nH]c2c1. The number of aromatic amines is 1. The van der Waals surface area contributed by atoms with Gasteiger partial charge in [-0.3, -0.25) is 9.59 Å². The first kappa shape index (κ1) is 19.4. The Bertz CT molecular complexity index is 951. The fourth-order valence-corrected chi connectivity index (χ4v) is 2.78. The van der Waals surface area contributed by atoms with Gasteiger partial charge < -0.3 is 20.4 Å². The highest BCUT2D eigenvalue weighted by atomic mass is 16.5. The first-order chi connectivity index (χ1) is 13.6. The number of amides is 2. The van der Waals surface area contributed by atoms with Crippen molar-refractivity contribution in [2.75, 3.05) is 19.7 Å². The lowest BCUT2D eigenvalue weighted by molar-refractivity contribution is -0.121. The van der Waals surface area contributed by atoms with Crippen molar-refractivity contribution in [1.29, 1.82) is 0 Å². The normalized spacial score (nSPS) is 10.6. The summed E-state index contributed by atoms with van der Waals surface area (Å²) in [6.45, 7) is 3.23. The number of para-hydroxylation sites is 1. The van der Waals surface area contributed by atoms with Gasteiger partial charge in [-0.2, -0.15) is 0 Å². The van der Waals surface area contributed by atoms with Crippen molar-refractivity contribution in [3.05, 3.63) is 59.9 Å². The van der Waals surface area contributed by atoms with Gasteiger partial charge in [-0.05, 0) is 43.2 Å². The van der Waals surface area contributed by atoms with Crippen molar-refractivity contribution >= 4 is 22.8 Å². The molecule has 0 fully saturated rings. The molecule has 28 heavy (non-hydrogen) atoms. The number of H-pyrrole nitrogens is 1. The topological polar surface area (TPSA) is 96.1 Å². The van der Waals surface area contributed by atoms with Gasteiger partial charge in [0, 0.05) is 25.1 Å². The van der Waals surface area contributed by atoms with E-state index in [1.165, 1.54) is 0 Å². The second kappa shape index (κ2) is 9.55. The fourth-order valence-electron chi connectivity index (χ4n) is 2.78. The van der Waals surface area contributed by atoms with E-state index < -0.39 is 0 Å². The van der Waals surface area contributed by atoms with Gasteiger partial charge in [0.25, 0.3) is 5.91 Å². The van der Waals surface area contributed by atoms with Crippen molar-refractivity contribution in [3.63, 3.8) is 0 Å². The van der Waals surface area contributed by atoms with Crippen LogP contribution in [0.1, 0.15) is 28.8 Å². The van der Waals surface area contributed by atoms with Crippen LogP contribution in [-0.2, 0) is 4.79 Å². The smallest absolute Gasteiger partial charge is 0.251 e. The number of aryl methyl sites for hydroxylation is 1. The quantitative estimate of drug-likeness (QED) is 0.497. The monoisotopic (exact) mass is 380 g/mol. The highest BCUT2D eigenvalue weighted by Gasteiger charge is 2.07. The van der Waals surface area contributed by atoms with E-state index in [0.717, 1.165) is 22.3 Å². The molecular formula is C21H24N4O3. The molecule has 0 spiro atoms. The van der Waals surface area contributed by atoms with E-state index in [1.807, 2.05) is 31.2 Å². The van der Waals surface area contributed by atoms with Crippen LogP contribution in [0.2, 0.25) is 0 Å². The van der Waals surface area contributed by atoms with Crippen molar-refractivity contribution in [2.24, 2.45) is 0 Å². The second-order valence-electron chi connectivity index (χ2n) is 6.46. The Morgan fingerprint density at radius 1 is 1.11 bits per heavy atom. The number of imidazole rings is 1. The maximum absolute atomic E-state index is 12.2. The molecular weight excluding hydrogens is 356 g/mol. The van der Waals surface area contributed by atoms with Gasteiger partial charge in [0.05, 0.1) is 24.0 Å². The number of hydrogen-bond donors (Lipinski definition) is 3. The van der Waals surface area contributed by atoms with Crippen LogP contribution in [0.15, 0.2) is 48.8 Å². The zero-order valence-corrected chi connectivity index (χ0v) is 15.8. The molecule has 2 aromatic carbocycles. The van der Waals surface area contributed by atoms with Gasteiger partial charge in [0.15, 0.2) is 0 Å². The van der Waals surface area contributed by atoms with E-state index in [0.29, 0.717) is 38.1 Å². The number of carbonyl (C=O) groups excluding carboxylic acids is 2. The summed E-state index contributed by atoms with van der Waals surface area (Å²) >= 11 is 0. The lowest BCUT2D eigenvalue weighted by Gasteiger charge is -2.09. The molecule has 3 N–H and O–H groups in total. The van der Waals surface area contributed by atoms with Crippen LogP contribution in [-0.4, -0.2) is 41.5 Å². The molecule has 1 aromatic heterocycles. The van der Waals surface area contributed by atoms with Gasteiger partial charge in [0.2, 0.25) is 5.91 Å².